The average molecular weight is 375 g/mol. The van der Waals surface area contributed by atoms with Gasteiger partial charge in [-0.2, -0.15) is 10.2 Å². The number of nitrogens with zero attached hydrogens (tertiary/aromatic N) is 6. The molecule has 0 spiro atoms. The summed E-state index contributed by atoms with van der Waals surface area (Å²) < 4.78 is 3.02. The van der Waals surface area contributed by atoms with Crippen molar-refractivity contribution in [3.05, 3.63) is 89.3 Å². The highest BCUT2D eigenvalue weighted by Gasteiger charge is 2.14. The fourth-order valence-electron chi connectivity index (χ4n) is 2.61. The molecular formula is C18H13N7O3. The predicted octanol–water partition coefficient (Wildman–Crippen LogP) is 2.61. The molecule has 0 unspecified atom stereocenters. The molecule has 1 N–H and O–H groups in total. The van der Waals surface area contributed by atoms with Gasteiger partial charge in [0.25, 0.3) is 11.6 Å². The summed E-state index contributed by atoms with van der Waals surface area (Å²) in [4.78, 5) is 26.8. The number of nitrogens with one attached hydrogen (secondary N) is 1. The van der Waals surface area contributed by atoms with Crippen LogP contribution in [0.5, 0.6) is 0 Å². The second-order valence-corrected chi connectivity index (χ2v) is 5.73. The number of nitro groups is 1. The van der Waals surface area contributed by atoms with Crippen LogP contribution in [-0.2, 0) is 0 Å². The van der Waals surface area contributed by atoms with E-state index in [1.807, 2.05) is 6.07 Å². The van der Waals surface area contributed by atoms with E-state index in [0.29, 0.717) is 17.1 Å². The van der Waals surface area contributed by atoms with Gasteiger partial charge >= 0.3 is 0 Å². The van der Waals surface area contributed by atoms with Crippen LogP contribution in [0.4, 0.5) is 11.4 Å². The van der Waals surface area contributed by atoms with Gasteiger partial charge in [0.1, 0.15) is 12.7 Å². The second-order valence-electron chi connectivity index (χ2n) is 5.73. The Morgan fingerprint density at radius 2 is 1.82 bits per heavy atom. The first-order chi connectivity index (χ1) is 13.6. The fourth-order valence-corrected chi connectivity index (χ4v) is 2.61. The van der Waals surface area contributed by atoms with Crippen LogP contribution in [0.3, 0.4) is 0 Å². The SMILES string of the molecule is O=C(Nc1ccccc1-n1cncn1)c1ccn(-c2ccc([N+](=O)[O-])cc2)n1. The van der Waals surface area contributed by atoms with Crippen LogP contribution in [0.2, 0.25) is 0 Å². The molecule has 0 radical (unpaired) electrons. The second kappa shape index (κ2) is 7.11. The molecule has 4 aromatic rings. The summed E-state index contributed by atoms with van der Waals surface area (Å²) >= 11 is 0. The molecule has 138 valence electrons. The van der Waals surface area contributed by atoms with Crippen molar-refractivity contribution in [3.8, 4) is 11.4 Å². The van der Waals surface area contributed by atoms with Gasteiger partial charge in [0.15, 0.2) is 5.69 Å². The lowest BCUT2D eigenvalue weighted by molar-refractivity contribution is -0.384. The molecular weight excluding hydrogens is 362 g/mol. The third-order valence-corrected chi connectivity index (χ3v) is 3.96. The maximum atomic E-state index is 12.6. The minimum Gasteiger partial charge on any atom is -0.319 e. The maximum absolute atomic E-state index is 12.6. The van der Waals surface area contributed by atoms with Crippen molar-refractivity contribution in [2.45, 2.75) is 0 Å². The Labute approximate surface area is 158 Å². The Morgan fingerprint density at radius 3 is 2.54 bits per heavy atom. The molecule has 2 aromatic carbocycles. The van der Waals surface area contributed by atoms with Crippen LogP contribution >= 0.6 is 0 Å². The number of para-hydroxylation sites is 2. The minimum atomic E-state index is -0.474. The smallest absolute Gasteiger partial charge is 0.276 e. The first-order valence-corrected chi connectivity index (χ1v) is 8.18. The molecule has 1 amide bonds. The molecule has 0 atom stereocenters. The number of aromatic nitrogens is 5. The summed E-state index contributed by atoms with van der Waals surface area (Å²) in [6, 6.07) is 14.6. The van der Waals surface area contributed by atoms with E-state index in [2.05, 4.69) is 20.5 Å². The quantitative estimate of drug-likeness (QED) is 0.423. The lowest BCUT2D eigenvalue weighted by Gasteiger charge is -2.09. The van der Waals surface area contributed by atoms with Crippen LogP contribution in [0.25, 0.3) is 11.4 Å². The molecule has 0 aliphatic heterocycles. The molecule has 10 heteroatoms. The summed E-state index contributed by atoms with van der Waals surface area (Å²) in [5.74, 6) is -0.395. The summed E-state index contributed by atoms with van der Waals surface area (Å²) in [7, 11) is 0. The molecule has 0 bridgehead atoms. The molecule has 2 heterocycles. The lowest BCUT2D eigenvalue weighted by atomic mass is 10.2. The number of amides is 1. The van der Waals surface area contributed by atoms with Gasteiger partial charge in [-0.05, 0) is 30.3 Å². The Morgan fingerprint density at radius 1 is 1.04 bits per heavy atom. The van der Waals surface area contributed by atoms with Gasteiger partial charge in [-0.1, -0.05) is 12.1 Å². The normalized spacial score (nSPS) is 10.6. The van der Waals surface area contributed by atoms with E-state index in [-0.39, 0.29) is 11.4 Å². The standard InChI is InChI=1S/C18H13N7O3/c26-18(21-15-3-1-2-4-17(15)24-12-19-11-20-24)16-9-10-23(22-16)13-5-7-14(8-6-13)25(27)28/h1-12H,(H,21,26). The van der Waals surface area contributed by atoms with E-state index in [0.717, 1.165) is 0 Å². The molecule has 0 aliphatic carbocycles. The zero-order valence-electron chi connectivity index (χ0n) is 14.3. The van der Waals surface area contributed by atoms with Gasteiger partial charge in [0.2, 0.25) is 0 Å². The van der Waals surface area contributed by atoms with Gasteiger partial charge in [-0.15, -0.1) is 0 Å². The summed E-state index contributed by atoms with van der Waals surface area (Å²) in [6.45, 7) is 0. The molecule has 0 aliphatic rings. The highest BCUT2D eigenvalue weighted by molar-refractivity contribution is 6.03. The van der Waals surface area contributed by atoms with Crippen molar-refractivity contribution in [3.63, 3.8) is 0 Å². The van der Waals surface area contributed by atoms with Crippen molar-refractivity contribution in [1.29, 1.82) is 0 Å². The molecule has 0 saturated heterocycles. The average Bonchev–Trinajstić information content (AvgIpc) is 3.41. The van der Waals surface area contributed by atoms with E-state index in [9.17, 15) is 14.9 Å². The van der Waals surface area contributed by atoms with E-state index in [4.69, 9.17) is 0 Å². The Balaban J connectivity index is 1.55. The maximum Gasteiger partial charge on any atom is 0.276 e. The third-order valence-electron chi connectivity index (χ3n) is 3.96. The number of anilines is 1. The number of carbonyl (C=O) groups excluding carboxylic acids is 1. The van der Waals surface area contributed by atoms with E-state index in [1.54, 1.807) is 47.3 Å². The lowest BCUT2D eigenvalue weighted by Crippen LogP contribution is -2.15. The molecule has 2 aromatic heterocycles. The van der Waals surface area contributed by atoms with Gasteiger partial charge in [0.05, 0.1) is 22.0 Å². The van der Waals surface area contributed by atoms with Crippen LogP contribution in [0.1, 0.15) is 10.5 Å². The first-order valence-electron chi connectivity index (χ1n) is 8.18. The van der Waals surface area contributed by atoms with Gasteiger partial charge < -0.3 is 5.32 Å². The first kappa shape index (κ1) is 17.1. The molecule has 10 nitrogen and oxygen atoms in total. The Hall–Kier alpha value is -4.34. The van der Waals surface area contributed by atoms with Crippen molar-refractivity contribution >= 4 is 17.3 Å². The topological polar surface area (TPSA) is 121 Å². The Bertz CT molecular complexity index is 1130. The number of hydrogen-bond donors (Lipinski definition) is 1. The van der Waals surface area contributed by atoms with Crippen LogP contribution in [0, 0.1) is 10.1 Å². The largest absolute Gasteiger partial charge is 0.319 e. The van der Waals surface area contributed by atoms with Crippen molar-refractivity contribution in [2.24, 2.45) is 0 Å². The van der Waals surface area contributed by atoms with Gasteiger partial charge in [0, 0.05) is 18.3 Å². The molecule has 28 heavy (non-hydrogen) atoms. The Kier molecular flexibility index (Phi) is 4.34. The van der Waals surface area contributed by atoms with Crippen molar-refractivity contribution in [1.82, 2.24) is 24.5 Å². The van der Waals surface area contributed by atoms with Crippen LogP contribution in [-0.4, -0.2) is 35.4 Å². The van der Waals surface area contributed by atoms with Crippen molar-refractivity contribution in [2.75, 3.05) is 5.32 Å². The zero-order valence-corrected chi connectivity index (χ0v) is 14.3. The summed E-state index contributed by atoms with van der Waals surface area (Å²) in [5.41, 5.74) is 2.02. The third kappa shape index (κ3) is 3.33. The number of non-ortho nitro benzene ring substituents is 1. The fraction of sp³-hybridized carbons (Fsp3) is 0. The molecule has 4 rings (SSSR count). The number of benzene rings is 2. The number of rotatable bonds is 5. The number of nitro benzene ring substituents is 1. The summed E-state index contributed by atoms with van der Waals surface area (Å²) in [5, 5.41) is 21.9. The molecule has 0 saturated carbocycles. The van der Waals surface area contributed by atoms with Crippen LogP contribution in [0.15, 0.2) is 73.4 Å². The van der Waals surface area contributed by atoms with Gasteiger partial charge in [-0.25, -0.2) is 14.3 Å². The highest BCUT2D eigenvalue weighted by Crippen LogP contribution is 2.20. The van der Waals surface area contributed by atoms with Crippen molar-refractivity contribution < 1.29 is 9.72 Å². The highest BCUT2D eigenvalue weighted by atomic mass is 16.6. The van der Waals surface area contributed by atoms with E-state index in [1.165, 1.54) is 29.5 Å². The predicted molar refractivity (Wildman–Crippen MR) is 99.5 cm³/mol. The zero-order chi connectivity index (χ0) is 19.5. The summed E-state index contributed by atoms with van der Waals surface area (Å²) in [6.07, 6.45) is 4.55. The van der Waals surface area contributed by atoms with Gasteiger partial charge in [-0.3, -0.25) is 14.9 Å². The van der Waals surface area contributed by atoms with E-state index < -0.39 is 10.8 Å². The number of carbonyl (C=O) groups is 1. The van der Waals surface area contributed by atoms with E-state index >= 15 is 0 Å². The molecule has 0 fully saturated rings. The minimum absolute atomic E-state index is 0.0152. The number of hydrogen-bond acceptors (Lipinski definition) is 6. The van der Waals surface area contributed by atoms with Crippen LogP contribution < -0.4 is 5.32 Å². The monoisotopic (exact) mass is 375 g/mol.